The molecule has 6 nitrogen and oxygen atoms in total. The molecule has 1 aromatic carbocycles. The standard InChI is InChI=1S/C14H21N3O3/c1-11(2)10-16(3)14(18)8-9-15-12-6-4-5-7-13(12)17(19)20/h4-7,11,15H,8-10H2,1-3H3. The number of para-hydroxylation sites is 2. The van der Waals surface area contributed by atoms with Crippen LogP contribution in [0.2, 0.25) is 0 Å². The van der Waals surface area contributed by atoms with E-state index in [-0.39, 0.29) is 11.6 Å². The van der Waals surface area contributed by atoms with Crippen LogP contribution in [0.25, 0.3) is 0 Å². The topological polar surface area (TPSA) is 75.5 Å². The number of carbonyl (C=O) groups is 1. The molecule has 0 bridgehead atoms. The normalized spacial score (nSPS) is 10.4. The van der Waals surface area contributed by atoms with E-state index < -0.39 is 4.92 Å². The summed E-state index contributed by atoms with van der Waals surface area (Å²) in [4.78, 5) is 23.9. The van der Waals surface area contributed by atoms with Crippen LogP contribution in [0.4, 0.5) is 11.4 Å². The molecule has 1 aromatic rings. The second kappa shape index (κ2) is 7.47. The van der Waals surface area contributed by atoms with Crippen molar-refractivity contribution in [2.45, 2.75) is 20.3 Å². The van der Waals surface area contributed by atoms with Gasteiger partial charge in [0.25, 0.3) is 5.69 Å². The highest BCUT2D eigenvalue weighted by molar-refractivity contribution is 5.76. The average molecular weight is 279 g/mol. The lowest BCUT2D eigenvalue weighted by atomic mass is 10.2. The molecule has 0 saturated carbocycles. The Morgan fingerprint density at radius 2 is 2.05 bits per heavy atom. The summed E-state index contributed by atoms with van der Waals surface area (Å²) < 4.78 is 0. The van der Waals surface area contributed by atoms with Crippen molar-refractivity contribution in [3.05, 3.63) is 34.4 Å². The molecule has 0 atom stereocenters. The second-order valence-corrected chi connectivity index (χ2v) is 5.12. The monoisotopic (exact) mass is 279 g/mol. The molecule has 0 radical (unpaired) electrons. The van der Waals surface area contributed by atoms with Crippen molar-refractivity contribution in [1.82, 2.24) is 4.90 Å². The Balaban J connectivity index is 2.49. The highest BCUT2D eigenvalue weighted by atomic mass is 16.6. The molecule has 1 amide bonds. The molecular weight excluding hydrogens is 258 g/mol. The summed E-state index contributed by atoms with van der Waals surface area (Å²) in [5, 5.41) is 13.8. The van der Waals surface area contributed by atoms with Crippen LogP contribution in [0.15, 0.2) is 24.3 Å². The van der Waals surface area contributed by atoms with E-state index in [2.05, 4.69) is 19.2 Å². The van der Waals surface area contributed by atoms with Crippen LogP contribution >= 0.6 is 0 Å². The third kappa shape index (κ3) is 4.87. The fourth-order valence-electron chi connectivity index (χ4n) is 1.93. The van der Waals surface area contributed by atoms with Crippen molar-refractivity contribution in [2.24, 2.45) is 5.92 Å². The molecule has 0 fully saturated rings. The van der Waals surface area contributed by atoms with Crippen LogP contribution in [-0.2, 0) is 4.79 Å². The Kier molecular flexibility index (Phi) is 5.96. The zero-order valence-electron chi connectivity index (χ0n) is 12.1. The van der Waals surface area contributed by atoms with Gasteiger partial charge in [-0.1, -0.05) is 26.0 Å². The Morgan fingerprint density at radius 1 is 1.40 bits per heavy atom. The maximum absolute atomic E-state index is 11.8. The number of nitrogens with zero attached hydrogens (tertiary/aromatic N) is 2. The van der Waals surface area contributed by atoms with E-state index in [9.17, 15) is 14.9 Å². The summed E-state index contributed by atoms with van der Waals surface area (Å²) in [5.41, 5.74) is 0.465. The number of hydrogen-bond acceptors (Lipinski definition) is 4. The van der Waals surface area contributed by atoms with Crippen LogP contribution < -0.4 is 5.32 Å². The first-order chi connectivity index (χ1) is 9.41. The molecular formula is C14H21N3O3. The molecule has 0 aliphatic rings. The summed E-state index contributed by atoms with van der Waals surface area (Å²) in [7, 11) is 1.77. The van der Waals surface area contributed by atoms with Crippen LogP contribution in [0.5, 0.6) is 0 Å². The van der Waals surface area contributed by atoms with Crippen molar-refractivity contribution in [2.75, 3.05) is 25.5 Å². The molecule has 110 valence electrons. The molecule has 0 saturated heterocycles. The van der Waals surface area contributed by atoms with Crippen molar-refractivity contribution < 1.29 is 9.72 Å². The van der Waals surface area contributed by atoms with Gasteiger partial charge >= 0.3 is 0 Å². The number of nitro benzene ring substituents is 1. The fraction of sp³-hybridized carbons (Fsp3) is 0.500. The van der Waals surface area contributed by atoms with Crippen molar-refractivity contribution in [3.8, 4) is 0 Å². The summed E-state index contributed by atoms with van der Waals surface area (Å²) in [6, 6.07) is 6.42. The van der Waals surface area contributed by atoms with Crippen LogP contribution in [0.3, 0.4) is 0 Å². The van der Waals surface area contributed by atoms with E-state index in [4.69, 9.17) is 0 Å². The first-order valence-corrected chi connectivity index (χ1v) is 6.63. The van der Waals surface area contributed by atoms with Gasteiger partial charge in [-0.3, -0.25) is 14.9 Å². The minimum atomic E-state index is -0.435. The number of amides is 1. The number of rotatable bonds is 7. The van der Waals surface area contributed by atoms with Gasteiger partial charge in [-0.15, -0.1) is 0 Å². The Labute approximate surface area is 118 Å². The van der Waals surface area contributed by atoms with Gasteiger partial charge < -0.3 is 10.2 Å². The van der Waals surface area contributed by atoms with Crippen LogP contribution in [-0.4, -0.2) is 35.9 Å². The zero-order chi connectivity index (χ0) is 15.1. The van der Waals surface area contributed by atoms with Crippen molar-refractivity contribution in [1.29, 1.82) is 0 Å². The van der Waals surface area contributed by atoms with Crippen LogP contribution in [0.1, 0.15) is 20.3 Å². The number of nitrogens with one attached hydrogen (secondary N) is 1. The molecule has 6 heteroatoms. The predicted molar refractivity (Wildman–Crippen MR) is 78.7 cm³/mol. The Morgan fingerprint density at radius 3 is 2.65 bits per heavy atom. The number of carbonyl (C=O) groups excluding carboxylic acids is 1. The van der Waals surface area contributed by atoms with E-state index in [1.165, 1.54) is 6.07 Å². The number of nitro groups is 1. The minimum Gasteiger partial charge on any atom is -0.379 e. The smallest absolute Gasteiger partial charge is 0.292 e. The van der Waals surface area contributed by atoms with Gasteiger partial charge in [0.15, 0.2) is 0 Å². The molecule has 1 N–H and O–H groups in total. The Hall–Kier alpha value is -2.11. The largest absolute Gasteiger partial charge is 0.379 e. The molecule has 20 heavy (non-hydrogen) atoms. The molecule has 0 aliphatic heterocycles. The quantitative estimate of drug-likeness (QED) is 0.614. The third-order valence-corrected chi connectivity index (χ3v) is 2.82. The van der Waals surface area contributed by atoms with E-state index in [1.54, 1.807) is 30.1 Å². The van der Waals surface area contributed by atoms with Gasteiger partial charge in [0.1, 0.15) is 5.69 Å². The van der Waals surface area contributed by atoms with Crippen molar-refractivity contribution >= 4 is 17.3 Å². The maximum Gasteiger partial charge on any atom is 0.292 e. The number of benzene rings is 1. The SMILES string of the molecule is CC(C)CN(C)C(=O)CCNc1ccccc1[N+](=O)[O-]. The van der Waals surface area contributed by atoms with Gasteiger partial charge in [0.2, 0.25) is 5.91 Å². The maximum atomic E-state index is 11.8. The number of hydrogen-bond donors (Lipinski definition) is 1. The summed E-state index contributed by atoms with van der Waals surface area (Å²) in [5.74, 6) is 0.455. The molecule has 0 spiro atoms. The van der Waals surface area contributed by atoms with Gasteiger partial charge in [0, 0.05) is 32.6 Å². The molecule has 0 aliphatic carbocycles. The fourth-order valence-corrected chi connectivity index (χ4v) is 1.93. The summed E-state index contributed by atoms with van der Waals surface area (Å²) >= 11 is 0. The van der Waals surface area contributed by atoms with Gasteiger partial charge in [-0.05, 0) is 12.0 Å². The zero-order valence-corrected chi connectivity index (χ0v) is 12.1. The lowest BCUT2D eigenvalue weighted by Gasteiger charge is -2.19. The van der Waals surface area contributed by atoms with Gasteiger partial charge in [-0.25, -0.2) is 0 Å². The predicted octanol–water partition coefficient (Wildman–Crippen LogP) is 2.51. The molecule has 0 unspecified atom stereocenters. The highest BCUT2D eigenvalue weighted by Crippen LogP contribution is 2.22. The van der Waals surface area contributed by atoms with E-state index in [0.29, 0.717) is 31.1 Å². The van der Waals surface area contributed by atoms with Gasteiger partial charge in [-0.2, -0.15) is 0 Å². The van der Waals surface area contributed by atoms with Crippen LogP contribution in [0, 0.1) is 16.0 Å². The lowest BCUT2D eigenvalue weighted by molar-refractivity contribution is -0.384. The molecule has 0 aromatic heterocycles. The summed E-state index contributed by atoms with van der Waals surface area (Å²) in [6.45, 7) is 5.20. The Bertz CT molecular complexity index is 474. The van der Waals surface area contributed by atoms with Crippen molar-refractivity contribution in [3.63, 3.8) is 0 Å². The first kappa shape index (κ1) is 15.9. The third-order valence-electron chi connectivity index (χ3n) is 2.82. The summed E-state index contributed by atoms with van der Waals surface area (Å²) in [6.07, 6.45) is 0.315. The first-order valence-electron chi connectivity index (χ1n) is 6.63. The van der Waals surface area contributed by atoms with Gasteiger partial charge in [0.05, 0.1) is 4.92 Å². The second-order valence-electron chi connectivity index (χ2n) is 5.12. The molecule has 1 rings (SSSR count). The lowest BCUT2D eigenvalue weighted by Crippen LogP contribution is -2.31. The minimum absolute atomic E-state index is 0.0236. The van der Waals surface area contributed by atoms with E-state index in [1.807, 2.05) is 0 Å². The van der Waals surface area contributed by atoms with E-state index >= 15 is 0 Å². The molecule has 0 heterocycles. The average Bonchev–Trinajstić information content (AvgIpc) is 2.38. The van der Waals surface area contributed by atoms with E-state index in [0.717, 1.165) is 0 Å². The number of anilines is 1. The highest BCUT2D eigenvalue weighted by Gasteiger charge is 2.13.